The second-order valence-corrected chi connectivity index (χ2v) is 5.58. The molecule has 3 aromatic rings. The van der Waals surface area contributed by atoms with Crippen molar-refractivity contribution in [2.75, 3.05) is 5.32 Å². The number of carbonyl (C=O) groups excluding carboxylic acids is 1. The van der Waals surface area contributed by atoms with Crippen molar-refractivity contribution in [2.45, 2.75) is 6.54 Å². The molecule has 1 amide bonds. The number of hydrogen-bond donors (Lipinski definition) is 1. The molecule has 0 fully saturated rings. The normalized spacial score (nSPS) is 10.5. The first-order valence-electron chi connectivity index (χ1n) is 6.81. The molecule has 0 aliphatic heterocycles. The van der Waals surface area contributed by atoms with Gasteiger partial charge in [0.25, 0.3) is 5.91 Å². The van der Waals surface area contributed by atoms with Gasteiger partial charge in [0.05, 0.1) is 18.3 Å². The molecular formula is C16H12Cl2N4O. The van der Waals surface area contributed by atoms with Gasteiger partial charge < -0.3 is 5.32 Å². The molecule has 0 spiro atoms. The van der Waals surface area contributed by atoms with Crippen molar-refractivity contribution < 1.29 is 4.79 Å². The van der Waals surface area contributed by atoms with E-state index in [1.165, 1.54) is 6.20 Å². The highest BCUT2D eigenvalue weighted by Crippen LogP contribution is 2.18. The Morgan fingerprint density at radius 3 is 2.70 bits per heavy atom. The number of amides is 1. The summed E-state index contributed by atoms with van der Waals surface area (Å²) in [6, 6.07) is 12.4. The highest BCUT2D eigenvalue weighted by atomic mass is 35.5. The summed E-state index contributed by atoms with van der Waals surface area (Å²) in [5, 5.41) is 8.01. The van der Waals surface area contributed by atoms with Crippen molar-refractivity contribution in [3.05, 3.63) is 76.2 Å². The van der Waals surface area contributed by atoms with Gasteiger partial charge in [-0.05, 0) is 23.8 Å². The summed E-state index contributed by atoms with van der Waals surface area (Å²) in [6.07, 6.45) is 3.04. The number of hydrogen-bond acceptors (Lipinski definition) is 3. The number of benzene rings is 1. The molecule has 0 radical (unpaired) electrons. The Balaban J connectivity index is 1.77. The lowest BCUT2D eigenvalue weighted by Gasteiger charge is -2.10. The number of halogens is 2. The molecule has 2 aromatic heterocycles. The minimum absolute atomic E-state index is 0.282. The fraction of sp³-hybridized carbons (Fsp3) is 0.0625. The van der Waals surface area contributed by atoms with Gasteiger partial charge in [0.1, 0.15) is 11.0 Å². The maximum absolute atomic E-state index is 12.2. The van der Waals surface area contributed by atoms with Crippen molar-refractivity contribution in [2.24, 2.45) is 0 Å². The fourth-order valence-corrected chi connectivity index (χ4v) is 2.36. The zero-order valence-electron chi connectivity index (χ0n) is 11.9. The molecule has 7 heteroatoms. The Morgan fingerprint density at radius 2 is 1.96 bits per heavy atom. The Kier molecular flexibility index (Phi) is 4.60. The van der Waals surface area contributed by atoms with Crippen molar-refractivity contribution in [1.82, 2.24) is 14.8 Å². The Labute approximate surface area is 142 Å². The average molecular weight is 347 g/mol. The van der Waals surface area contributed by atoms with E-state index in [2.05, 4.69) is 15.4 Å². The third-order valence-electron chi connectivity index (χ3n) is 3.23. The van der Waals surface area contributed by atoms with Crippen LogP contribution in [0.4, 0.5) is 5.82 Å². The quantitative estimate of drug-likeness (QED) is 0.729. The molecule has 116 valence electrons. The average Bonchev–Trinajstić information content (AvgIpc) is 2.97. The van der Waals surface area contributed by atoms with E-state index in [9.17, 15) is 4.79 Å². The third-order valence-corrected chi connectivity index (χ3v) is 3.82. The molecule has 0 bridgehead atoms. The molecule has 0 aliphatic carbocycles. The zero-order valence-corrected chi connectivity index (χ0v) is 13.4. The van der Waals surface area contributed by atoms with Crippen LogP contribution in [-0.2, 0) is 6.54 Å². The van der Waals surface area contributed by atoms with E-state index in [0.717, 1.165) is 5.56 Å². The van der Waals surface area contributed by atoms with Gasteiger partial charge in [-0.2, -0.15) is 5.10 Å². The van der Waals surface area contributed by atoms with E-state index < -0.39 is 0 Å². The standard InChI is InChI=1S/C16H12Cl2N4O/c17-13-4-2-1-3-12(13)10-22-15(7-8-20-22)21-16(23)11-5-6-14(18)19-9-11/h1-9H,10H2,(H,21,23). The van der Waals surface area contributed by atoms with Gasteiger partial charge in [-0.25, -0.2) is 9.67 Å². The van der Waals surface area contributed by atoms with Gasteiger partial charge in [0.2, 0.25) is 0 Å². The number of carbonyl (C=O) groups is 1. The molecule has 1 N–H and O–H groups in total. The van der Waals surface area contributed by atoms with Crippen LogP contribution in [0.2, 0.25) is 10.2 Å². The predicted octanol–water partition coefficient (Wildman–Crippen LogP) is 3.89. The van der Waals surface area contributed by atoms with Gasteiger partial charge in [0, 0.05) is 17.3 Å². The summed E-state index contributed by atoms with van der Waals surface area (Å²) >= 11 is 11.9. The third kappa shape index (κ3) is 3.70. The highest BCUT2D eigenvalue weighted by molar-refractivity contribution is 6.31. The minimum Gasteiger partial charge on any atom is -0.307 e. The maximum Gasteiger partial charge on any atom is 0.258 e. The lowest BCUT2D eigenvalue weighted by molar-refractivity contribution is 0.102. The second kappa shape index (κ2) is 6.81. The Bertz CT molecular complexity index is 830. The molecule has 23 heavy (non-hydrogen) atoms. The molecule has 0 saturated carbocycles. The molecule has 2 heterocycles. The number of nitrogens with zero attached hydrogens (tertiary/aromatic N) is 3. The maximum atomic E-state index is 12.2. The molecule has 0 saturated heterocycles. The van der Waals surface area contributed by atoms with Crippen LogP contribution in [0.3, 0.4) is 0 Å². The number of rotatable bonds is 4. The minimum atomic E-state index is -0.282. The lowest BCUT2D eigenvalue weighted by atomic mass is 10.2. The van der Waals surface area contributed by atoms with E-state index >= 15 is 0 Å². The van der Waals surface area contributed by atoms with E-state index in [0.29, 0.717) is 28.1 Å². The summed E-state index contributed by atoms with van der Waals surface area (Å²) in [4.78, 5) is 16.1. The van der Waals surface area contributed by atoms with Gasteiger partial charge in [0.15, 0.2) is 0 Å². The first kappa shape index (κ1) is 15.5. The van der Waals surface area contributed by atoms with Gasteiger partial charge in [-0.15, -0.1) is 0 Å². The van der Waals surface area contributed by atoms with Crippen molar-refractivity contribution >= 4 is 34.9 Å². The molecule has 3 rings (SSSR count). The van der Waals surface area contributed by atoms with Crippen LogP contribution in [-0.4, -0.2) is 20.7 Å². The van der Waals surface area contributed by atoms with E-state index in [4.69, 9.17) is 23.2 Å². The van der Waals surface area contributed by atoms with Crippen LogP contribution < -0.4 is 5.32 Å². The van der Waals surface area contributed by atoms with E-state index in [-0.39, 0.29) is 5.91 Å². The van der Waals surface area contributed by atoms with Crippen LogP contribution in [0.25, 0.3) is 0 Å². The number of pyridine rings is 1. The predicted molar refractivity (Wildman–Crippen MR) is 90.0 cm³/mol. The lowest BCUT2D eigenvalue weighted by Crippen LogP contribution is -2.16. The Morgan fingerprint density at radius 1 is 1.13 bits per heavy atom. The zero-order chi connectivity index (χ0) is 16.2. The summed E-state index contributed by atoms with van der Waals surface area (Å²) in [5.41, 5.74) is 1.33. The summed E-state index contributed by atoms with van der Waals surface area (Å²) in [7, 11) is 0. The van der Waals surface area contributed by atoms with Crippen LogP contribution >= 0.6 is 23.2 Å². The van der Waals surface area contributed by atoms with Crippen molar-refractivity contribution in [3.8, 4) is 0 Å². The number of aromatic nitrogens is 3. The summed E-state index contributed by atoms with van der Waals surface area (Å²) < 4.78 is 1.67. The smallest absolute Gasteiger partial charge is 0.258 e. The monoisotopic (exact) mass is 346 g/mol. The summed E-state index contributed by atoms with van der Waals surface area (Å²) in [6.45, 7) is 0.459. The first-order valence-corrected chi connectivity index (χ1v) is 7.57. The van der Waals surface area contributed by atoms with Crippen LogP contribution in [0.5, 0.6) is 0 Å². The number of nitrogens with one attached hydrogen (secondary N) is 1. The van der Waals surface area contributed by atoms with E-state index in [1.807, 2.05) is 24.3 Å². The first-order chi connectivity index (χ1) is 11.1. The molecule has 0 unspecified atom stereocenters. The number of anilines is 1. The molecule has 5 nitrogen and oxygen atoms in total. The van der Waals surface area contributed by atoms with E-state index in [1.54, 1.807) is 29.1 Å². The largest absolute Gasteiger partial charge is 0.307 e. The molecule has 0 aliphatic rings. The fourth-order valence-electron chi connectivity index (χ4n) is 2.05. The second-order valence-electron chi connectivity index (χ2n) is 4.79. The molecular weight excluding hydrogens is 335 g/mol. The van der Waals surface area contributed by atoms with Crippen LogP contribution in [0.15, 0.2) is 54.9 Å². The highest BCUT2D eigenvalue weighted by Gasteiger charge is 2.11. The van der Waals surface area contributed by atoms with Gasteiger partial charge in [-0.3, -0.25) is 4.79 Å². The molecule has 0 atom stereocenters. The van der Waals surface area contributed by atoms with Gasteiger partial charge in [-0.1, -0.05) is 41.4 Å². The van der Waals surface area contributed by atoms with Crippen molar-refractivity contribution in [3.63, 3.8) is 0 Å². The van der Waals surface area contributed by atoms with Crippen LogP contribution in [0.1, 0.15) is 15.9 Å². The SMILES string of the molecule is O=C(Nc1ccnn1Cc1ccccc1Cl)c1ccc(Cl)nc1. The van der Waals surface area contributed by atoms with Crippen LogP contribution in [0, 0.1) is 0 Å². The van der Waals surface area contributed by atoms with Crippen molar-refractivity contribution in [1.29, 1.82) is 0 Å². The summed E-state index contributed by atoms with van der Waals surface area (Å²) in [5.74, 6) is 0.292. The topological polar surface area (TPSA) is 59.8 Å². The molecule has 1 aromatic carbocycles. The van der Waals surface area contributed by atoms with Gasteiger partial charge >= 0.3 is 0 Å². The Hall–Kier alpha value is -2.37.